The number of para-hydroxylation sites is 1. The average molecular weight is 373 g/mol. The number of hydrogen-bond donors (Lipinski definition) is 2. The van der Waals surface area contributed by atoms with Crippen molar-refractivity contribution >= 4 is 0 Å². The molecular formula is C22H19N3O3. The van der Waals surface area contributed by atoms with Crippen LogP contribution in [-0.2, 0) is 6.61 Å². The Morgan fingerprint density at radius 3 is 2.50 bits per heavy atom. The van der Waals surface area contributed by atoms with Crippen LogP contribution >= 0.6 is 0 Å². The number of aromatic hydroxyl groups is 1. The SMILES string of the molecule is Cc1[nH]nc(-c2ccc(OCc3ccncc3)cc2O)c1Oc1ccccc1. The van der Waals surface area contributed by atoms with E-state index in [4.69, 9.17) is 9.47 Å². The van der Waals surface area contributed by atoms with Gasteiger partial charge in [-0.05, 0) is 48.9 Å². The van der Waals surface area contributed by atoms with Gasteiger partial charge in [0.2, 0.25) is 0 Å². The van der Waals surface area contributed by atoms with E-state index in [9.17, 15) is 5.11 Å². The first-order chi connectivity index (χ1) is 13.7. The summed E-state index contributed by atoms with van der Waals surface area (Å²) in [4.78, 5) is 3.98. The maximum atomic E-state index is 10.5. The van der Waals surface area contributed by atoms with Crippen LogP contribution in [0.1, 0.15) is 11.3 Å². The van der Waals surface area contributed by atoms with E-state index >= 15 is 0 Å². The molecule has 0 aliphatic heterocycles. The molecule has 2 aromatic carbocycles. The van der Waals surface area contributed by atoms with Crippen molar-refractivity contribution in [2.45, 2.75) is 13.5 Å². The zero-order chi connectivity index (χ0) is 19.3. The largest absolute Gasteiger partial charge is 0.507 e. The molecule has 0 fully saturated rings. The van der Waals surface area contributed by atoms with Crippen molar-refractivity contribution in [3.8, 4) is 34.3 Å². The van der Waals surface area contributed by atoms with Crippen LogP contribution in [-0.4, -0.2) is 20.3 Å². The summed E-state index contributed by atoms with van der Waals surface area (Å²) in [6, 6.07) is 18.4. The number of H-pyrrole nitrogens is 1. The number of benzene rings is 2. The number of nitrogens with one attached hydrogen (secondary N) is 1. The number of phenolic OH excluding ortho intramolecular Hbond substituents is 1. The highest BCUT2D eigenvalue weighted by Gasteiger charge is 2.18. The Balaban J connectivity index is 1.56. The summed E-state index contributed by atoms with van der Waals surface area (Å²) in [5.41, 5.74) is 2.88. The quantitative estimate of drug-likeness (QED) is 0.505. The van der Waals surface area contributed by atoms with Crippen LogP contribution in [0.15, 0.2) is 73.1 Å². The Hall–Kier alpha value is -3.80. The van der Waals surface area contributed by atoms with Crippen molar-refractivity contribution in [1.82, 2.24) is 15.2 Å². The smallest absolute Gasteiger partial charge is 0.176 e. The van der Waals surface area contributed by atoms with Gasteiger partial charge in [0.25, 0.3) is 0 Å². The number of pyridine rings is 1. The van der Waals surface area contributed by atoms with Crippen LogP contribution in [0.3, 0.4) is 0 Å². The van der Waals surface area contributed by atoms with Crippen molar-refractivity contribution in [2.24, 2.45) is 0 Å². The highest BCUT2D eigenvalue weighted by molar-refractivity contribution is 5.74. The van der Waals surface area contributed by atoms with Gasteiger partial charge in [-0.3, -0.25) is 10.1 Å². The van der Waals surface area contributed by atoms with Crippen LogP contribution in [0.4, 0.5) is 0 Å². The van der Waals surface area contributed by atoms with E-state index in [0.717, 1.165) is 11.3 Å². The first kappa shape index (κ1) is 17.6. The molecule has 140 valence electrons. The molecule has 0 spiro atoms. The van der Waals surface area contributed by atoms with Crippen LogP contribution in [0.2, 0.25) is 0 Å². The summed E-state index contributed by atoms with van der Waals surface area (Å²) >= 11 is 0. The zero-order valence-electron chi connectivity index (χ0n) is 15.3. The number of aromatic amines is 1. The maximum Gasteiger partial charge on any atom is 0.176 e. The maximum absolute atomic E-state index is 10.5. The van der Waals surface area contributed by atoms with Gasteiger partial charge in [-0.15, -0.1) is 0 Å². The molecule has 0 saturated heterocycles. The van der Waals surface area contributed by atoms with Gasteiger partial charge < -0.3 is 14.6 Å². The lowest BCUT2D eigenvalue weighted by Gasteiger charge is -2.10. The molecule has 2 aromatic heterocycles. The molecule has 4 rings (SSSR count). The number of nitrogens with zero attached hydrogens (tertiary/aromatic N) is 2. The van der Waals surface area contributed by atoms with E-state index in [-0.39, 0.29) is 5.75 Å². The number of aromatic nitrogens is 3. The Bertz CT molecular complexity index is 1060. The van der Waals surface area contributed by atoms with Crippen LogP contribution in [0, 0.1) is 6.92 Å². The number of ether oxygens (including phenoxy) is 2. The molecule has 6 nitrogen and oxygen atoms in total. The average Bonchev–Trinajstić information content (AvgIpc) is 3.08. The first-order valence-electron chi connectivity index (χ1n) is 8.83. The second kappa shape index (κ2) is 7.84. The van der Waals surface area contributed by atoms with Gasteiger partial charge in [-0.25, -0.2) is 0 Å². The van der Waals surface area contributed by atoms with Gasteiger partial charge in [0, 0.05) is 24.0 Å². The van der Waals surface area contributed by atoms with Crippen molar-refractivity contribution in [3.63, 3.8) is 0 Å². The van der Waals surface area contributed by atoms with Crippen molar-refractivity contribution in [3.05, 3.63) is 84.3 Å². The topological polar surface area (TPSA) is 80.3 Å². The summed E-state index contributed by atoms with van der Waals surface area (Å²) < 4.78 is 11.7. The molecule has 4 aromatic rings. The summed E-state index contributed by atoms with van der Waals surface area (Å²) in [5.74, 6) is 1.91. The minimum absolute atomic E-state index is 0.0663. The highest BCUT2D eigenvalue weighted by atomic mass is 16.5. The van der Waals surface area contributed by atoms with Gasteiger partial charge >= 0.3 is 0 Å². The standard InChI is InChI=1S/C22H19N3O3/c1-15-22(28-17-5-3-2-4-6-17)21(25-24-15)19-8-7-18(13-20(19)26)27-14-16-9-11-23-12-10-16/h2-13,26H,14H2,1H3,(H,24,25). The van der Waals surface area contributed by atoms with Crippen molar-refractivity contribution in [2.75, 3.05) is 0 Å². The molecule has 0 bridgehead atoms. The van der Waals surface area contributed by atoms with Crippen LogP contribution < -0.4 is 9.47 Å². The predicted octanol–water partition coefficient (Wildman–Crippen LogP) is 4.86. The molecule has 0 aliphatic rings. The third kappa shape index (κ3) is 3.81. The fraction of sp³-hybridized carbons (Fsp3) is 0.0909. The lowest BCUT2D eigenvalue weighted by Crippen LogP contribution is -1.95. The Morgan fingerprint density at radius 2 is 1.75 bits per heavy atom. The van der Waals surface area contributed by atoms with Gasteiger partial charge in [0.1, 0.15) is 29.5 Å². The zero-order valence-corrected chi connectivity index (χ0v) is 15.3. The Kier molecular flexibility index (Phi) is 4.93. The normalized spacial score (nSPS) is 10.6. The van der Waals surface area contributed by atoms with Gasteiger partial charge in [0.15, 0.2) is 5.75 Å². The summed E-state index contributed by atoms with van der Waals surface area (Å²) in [6.45, 7) is 2.27. The minimum atomic E-state index is 0.0663. The molecule has 2 heterocycles. The molecule has 28 heavy (non-hydrogen) atoms. The van der Waals surface area contributed by atoms with Crippen LogP contribution in [0.5, 0.6) is 23.0 Å². The van der Waals surface area contributed by atoms with E-state index in [1.807, 2.05) is 49.4 Å². The summed E-state index contributed by atoms with van der Waals surface area (Å²) in [6.07, 6.45) is 3.43. The third-order valence-corrected chi connectivity index (χ3v) is 4.23. The molecule has 0 aliphatic carbocycles. The second-order valence-electron chi connectivity index (χ2n) is 6.26. The fourth-order valence-corrected chi connectivity index (χ4v) is 2.78. The van der Waals surface area contributed by atoms with E-state index in [1.165, 1.54) is 0 Å². The first-order valence-corrected chi connectivity index (χ1v) is 8.83. The van der Waals surface area contributed by atoms with Gasteiger partial charge in [-0.1, -0.05) is 18.2 Å². The molecule has 0 unspecified atom stereocenters. The third-order valence-electron chi connectivity index (χ3n) is 4.23. The molecule has 0 atom stereocenters. The van der Waals surface area contributed by atoms with Crippen LogP contribution in [0.25, 0.3) is 11.3 Å². The molecular weight excluding hydrogens is 354 g/mol. The van der Waals surface area contributed by atoms with Crippen molar-refractivity contribution in [1.29, 1.82) is 0 Å². The molecule has 0 saturated carbocycles. The Labute approximate surface area is 162 Å². The lowest BCUT2D eigenvalue weighted by atomic mass is 10.1. The lowest BCUT2D eigenvalue weighted by molar-refractivity contribution is 0.304. The number of hydrogen-bond acceptors (Lipinski definition) is 5. The van der Waals surface area contributed by atoms with Crippen molar-refractivity contribution < 1.29 is 14.6 Å². The fourth-order valence-electron chi connectivity index (χ4n) is 2.78. The Morgan fingerprint density at radius 1 is 0.964 bits per heavy atom. The van der Waals surface area contributed by atoms with Gasteiger partial charge in [-0.2, -0.15) is 5.10 Å². The molecule has 0 amide bonds. The highest BCUT2D eigenvalue weighted by Crippen LogP contribution is 2.39. The predicted molar refractivity (Wildman–Crippen MR) is 106 cm³/mol. The van der Waals surface area contributed by atoms with E-state index in [2.05, 4.69) is 15.2 Å². The number of phenols is 1. The monoisotopic (exact) mass is 373 g/mol. The molecule has 0 radical (unpaired) electrons. The molecule has 2 N–H and O–H groups in total. The minimum Gasteiger partial charge on any atom is -0.507 e. The second-order valence-corrected chi connectivity index (χ2v) is 6.26. The number of aryl methyl sites for hydroxylation is 1. The van der Waals surface area contributed by atoms with E-state index < -0.39 is 0 Å². The van der Waals surface area contributed by atoms with E-state index in [0.29, 0.717) is 35.1 Å². The summed E-state index contributed by atoms with van der Waals surface area (Å²) in [5, 5.41) is 17.8. The number of rotatable bonds is 6. The van der Waals surface area contributed by atoms with Gasteiger partial charge in [0.05, 0.1) is 5.69 Å². The van der Waals surface area contributed by atoms with E-state index in [1.54, 1.807) is 30.6 Å². The summed E-state index contributed by atoms with van der Waals surface area (Å²) in [7, 11) is 0. The molecule has 6 heteroatoms.